The average molecular weight is 661 g/mol. The van der Waals surface area contributed by atoms with Crippen LogP contribution in [0.1, 0.15) is 27.0 Å². The number of hydrogen-bond acceptors (Lipinski definition) is 8. The van der Waals surface area contributed by atoms with Gasteiger partial charge in [-0.2, -0.15) is 0 Å². The lowest BCUT2D eigenvalue weighted by Crippen LogP contribution is -2.62. The standard InChI is InChI=1S/C38H41ClO8/c39-21-22-41-23-24-43-38-36(47-37(40)32-19-11-4-12-20-32)35(45-27-31-17-9-3-10-18-31)34(44-26-30-15-7-2-8-16-30)33(46-38)28-42-25-29-13-5-1-6-14-29/h1-20,33-36,38H,21-28H2/t33?,34-,35?,36?,38-/m1/s1. The Balaban J connectivity index is 1.44. The Morgan fingerprint density at radius 2 is 1.11 bits per heavy atom. The second-order valence-corrected chi connectivity index (χ2v) is 11.4. The van der Waals surface area contributed by atoms with Crippen LogP contribution in [0, 0.1) is 0 Å². The molecule has 4 aromatic carbocycles. The molecule has 0 aliphatic carbocycles. The van der Waals surface area contributed by atoms with Gasteiger partial charge >= 0.3 is 5.97 Å². The van der Waals surface area contributed by atoms with Crippen LogP contribution in [0.2, 0.25) is 0 Å². The summed E-state index contributed by atoms with van der Waals surface area (Å²) in [6, 6.07) is 38.4. The lowest BCUT2D eigenvalue weighted by Gasteiger charge is -2.45. The Hall–Kier alpha value is -3.60. The predicted molar refractivity (Wildman–Crippen MR) is 178 cm³/mol. The molecule has 9 heteroatoms. The summed E-state index contributed by atoms with van der Waals surface area (Å²) in [4.78, 5) is 13.5. The molecular formula is C38H41ClO8. The van der Waals surface area contributed by atoms with Gasteiger partial charge in [0.15, 0.2) is 12.4 Å². The second-order valence-electron chi connectivity index (χ2n) is 11.0. The van der Waals surface area contributed by atoms with E-state index in [1.807, 2.05) is 97.1 Å². The highest BCUT2D eigenvalue weighted by Gasteiger charge is 2.50. The summed E-state index contributed by atoms with van der Waals surface area (Å²) < 4.78 is 43.9. The number of ether oxygens (including phenoxy) is 7. The topological polar surface area (TPSA) is 81.7 Å². The molecule has 5 atom stereocenters. The normalized spacial score (nSPS) is 20.9. The van der Waals surface area contributed by atoms with Crippen molar-refractivity contribution in [1.82, 2.24) is 0 Å². The van der Waals surface area contributed by atoms with Gasteiger partial charge in [0.1, 0.15) is 18.3 Å². The molecule has 0 spiro atoms. The molecule has 0 aromatic heterocycles. The molecule has 0 amide bonds. The molecular weight excluding hydrogens is 620 g/mol. The van der Waals surface area contributed by atoms with Gasteiger partial charge in [0, 0.05) is 5.88 Å². The van der Waals surface area contributed by atoms with E-state index in [0.717, 1.165) is 16.7 Å². The molecule has 1 aliphatic heterocycles. The molecule has 1 fully saturated rings. The number of hydrogen-bond donors (Lipinski definition) is 0. The molecule has 4 aromatic rings. The third-order valence-corrected chi connectivity index (χ3v) is 7.69. The first kappa shape index (κ1) is 34.7. The average Bonchev–Trinajstić information content (AvgIpc) is 3.12. The molecule has 3 unspecified atom stereocenters. The minimum atomic E-state index is -0.995. The molecule has 5 rings (SSSR count). The predicted octanol–water partition coefficient (Wildman–Crippen LogP) is 6.60. The van der Waals surface area contributed by atoms with E-state index in [1.165, 1.54) is 0 Å². The number of rotatable bonds is 18. The van der Waals surface area contributed by atoms with Crippen LogP contribution in [-0.2, 0) is 53.0 Å². The summed E-state index contributed by atoms with van der Waals surface area (Å²) in [5.41, 5.74) is 3.36. The van der Waals surface area contributed by atoms with Crippen molar-refractivity contribution >= 4 is 17.6 Å². The van der Waals surface area contributed by atoms with Gasteiger partial charge in [-0.05, 0) is 28.8 Å². The molecule has 248 valence electrons. The van der Waals surface area contributed by atoms with E-state index in [0.29, 0.717) is 24.7 Å². The summed E-state index contributed by atoms with van der Waals surface area (Å²) in [5.74, 6) is -0.159. The van der Waals surface area contributed by atoms with Gasteiger partial charge in [0.2, 0.25) is 0 Å². The van der Waals surface area contributed by atoms with Crippen molar-refractivity contribution in [2.75, 3.05) is 32.3 Å². The van der Waals surface area contributed by atoms with E-state index in [-0.39, 0.29) is 33.0 Å². The molecule has 1 aliphatic rings. The van der Waals surface area contributed by atoms with E-state index in [9.17, 15) is 4.79 Å². The van der Waals surface area contributed by atoms with Crippen molar-refractivity contribution in [3.63, 3.8) is 0 Å². The van der Waals surface area contributed by atoms with Gasteiger partial charge in [-0.3, -0.25) is 0 Å². The Labute approximate surface area is 281 Å². The first-order chi connectivity index (χ1) is 23.2. The Morgan fingerprint density at radius 1 is 0.574 bits per heavy atom. The summed E-state index contributed by atoms with van der Waals surface area (Å²) in [5, 5.41) is 0. The van der Waals surface area contributed by atoms with E-state index in [1.54, 1.807) is 24.3 Å². The maximum absolute atomic E-state index is 13.5. The SMILES string of the molecule is O=C(OC1C(OCc2ccccc2)[C@H](OCc2ccccc2)C(COCc2ccccc2)O[C@H]1OCCOCCCl)c1ccccc1. The molecule has 1 saturated heterocycles. The van der Waals surface area contributed by atoms with Crippen molar-refractivity contribution in [2.24, 2.45) is 0 Å². The second kappa shape index (κ2) is 19.3. The summed E-state index contributed by atoms with van der Waals surface area (Å²) in [6.07, 6.45) is -4.06. The van der Waals surface area contributed by atoms with Crippen LogP contribution >= 0.6 is 11.6 Å². The van der Waals surface area contributed by atoms with Gasteiger partial charge in [0.05, 0.1) is 51.8 Å². The van der Waals surface area contributed by atoms with Crippen LogP contribution in [0.3, 0.4) is 0 Å². The van der Waals surface area contributed by atoms with Gasteiger partial charge in [0.25, 0.3) is 0 Å². The van der Waals surface area contributed by atoms with Crippen molar-refractivity contribution < 1.29 is 38.0 Å². The van der Waals surface area contributed by atoms with Crippen molar-refractivity contribution in [3.05, 3.63) is 144 Å². The highest BCUT2D eigenvalue weighted by Crippen LogP contribution is 2.31. The van der Waals surface area contributed by atoms with Gasteiger partial charge < -0.3 is 33.2 Å². The van der Waals surface area contributed by atoms with Crippen LogP contribution in [0.4, 0.5) is 0 Å². The number of alkyl halides is 1. The Kier molecular flexibility index (Phi) is 14.2. The zero-order valence-corrected chi connectivity index (χ0v) is 27.0. The number of halogens is 1. The largest absolute Gasteiger partial charge is 0.450 e. The van der Waals surface area contributed by atoms with Gasteiger partial charge in [-0.15, -0.1) is 11.6 Å². The summed E-state index contributed by atoms with van der Waals surface area (Å²) in [7, 11) is 0. The van der Waals surface area contributed by atoms with Crippen LogP contribution in [0.25, 0.3) is 0 Å². The van der Waals surface area contributed by atoms with Crippen LogP contribution in [-0.4, -0.2) is 69.0 Å². The maximum Gasteiger partial charge on any atom is 0.338 e. The molecule has 0 bridgehead atoms. The highest BCUT2D eigenvalue weighted by atomic mass is 35.5. The minimum absolute atomic E-state index is 0.180. The zero-order valence-electron chi connectivity index (χ0n) is 26.2. The van der Waals surface area contributed by atoms with Gasteiger partial charge in [-0.25, -0.2) is 4.79 Å². The van der Waals surface area contributed by atoms with Crippen LogP contribution < -0.4 is 0 Å². The smallest absolute Gasteiger partial charge is 0.338 e. The Bertz CT molecular complexity index is 1430. The fraction of sp³-hybridized carbons (Fsp3) is 0.342. The van der Waals surface area contributed by atoms with Crippen molar-refractivity contribution in [2.45, 2.75) is 50.5 Å². The lowest BCUT2D eigenvalue weighted by molar-refractivity contribution is -0.319. The molecule has 0 saturated carbocycles. The first-order valence-electron chi connectivity index (χ1n) is 15.8. The van der Waals surface area contributed by atoms with Gasteiger partial charge in [-0.1, -0.05) is 109 Å². The summed E-state index contributed by atoms with van der Waals surface area (Å²) >= 11 is 5.78. The molecule has 1 heterocycles. The molecule has 8 nitrogen and oxygen atoms in total. The molecule has 0 radical (unpaired) electrons. The monoisotopic (exact) mass is 660 g/mol. The first-order valence-corrected chi connectivity index (χ1v) is 16.3. The van der Waals surface area contributed by atoms with Crippen molar-refractivity contribution in [1.29, 1.82) is 0 Å². The Morgan fingerprint density at radius 3 is 1.68 bits per heavy atom. The number of esters is 1. The van der Waals surface area contributed by atoms with E-state index >= 15 is 0 Å². The van der Waals surface area contributed by atoms with E-state index < -0.39 is 36.7 Å². The maximum atomic E-state index is 13.5. The van der Waals surface area contributed by atoms with Crippen LogP contribution in [0.15, 0.2) is 121 Å². The van der Waals surface area contributed by atoms with E-state index in [2.05, 4.69) is 0 Å². The highest BCUT2D eigenvalue weighted by molar-refractivity contribution is 6.17. The fourth-order valence-electron chi connectivity index (χ4n) is 5.21. The molecule has 47 heavy (non-hydrogen) atoms. The van der Waals surface area contributed by atoms with E-state index in [4.69, 9.17) is 44.8 Å². The fourth-order valence-corrected chi connectivity index (χ4v) is 5.32. The number of carbonyl (C=O) groups is 1. The third kappa shape index (κ3) is 11.0. The molecule has 0 N–H and O–H groups in total. The summed E-state index contributed by atoms with van der Waals surface area (Å²) in [6.45, 7) is 1.94. The minimum Gasteiger partial charge on any atom is -0.450 e. The number of benzene rings is 4. The lowest BCUT2D eigenvalue weighted by atomic mass is 9.97. The quantitative estimate of drug-likeness (QED) is 0.0671. The van der Waals surface area contributed by atoms with Crippen LogP contribution in [0.5, 0.6) is 0 Å². The van der Waals surface area contributed by atoms with Crippen molar-refractivity contribution in [3.8, 4) is 0 Å². The third-order valence-electron chi connectivity index (χ3n) is 7.54. The number of carbonyl (C=O) groups excluding carboxylic acids is 1. The zero-order chi connectivity index (χ0) is 32.5.